The summed E-state index contributed by atoms with van der Waals surface area (Å²) in [4.78, 5) is 20.4. The highest BCUT2D eigenvalue weighted by molar-refractivity contribution is 7.15. The predicted molar refractivity (Wildman–Crippen MR) is 88.6 cm³/mol. The topological polar surface area (TPSA) is 33.2 Å². The highest BCUT2D eigenvalue weighted by atomic mass is 32.1. The summed E-state index contributed by atoms with van der Waals surface area (Å²) < 4.78 is 13.4. The number of hydrogen-bond acceptors (Lipinski definition) is 3. The van der Waals surface area contributed by atoms with Gasteiger partial charge >= 0.3 is 0 Å². The van der Waals surface area contributed by atoms with Crippen LogP contribution in [0.25, 0.3) is 10.6 Å². The number of halogens is 1. The van der Waals surface area contributed by atoms with Crippen molar-refractivity contribution in [1.82, 2.24) is 9.88 Å². The Hall–Kier alpha value is -1.75. The Morgan fingerprint density at radius 3 is 2.91 bits per heavy atom. The largest absolute Gasteiger partial charge is 0.337 e. The third kappa shape index (κ3) is 2.90. The van der Waals surface area contributed by atoms with Crippen LogP contribution in [0.2, 0.25) is 0 Å². The second kappa shape index (κ2) is 6.04. The minimum Gasteiger partial charge on any atom is -0.337 e. The van der Waals surface area contributed by atoms with Crippen molar-refractivity contribution in [1.29, 1.82) is 0 Å². The summed E-state index contributed by atoms with van der Waals surface area (Å²) in [5, 5.41) is 0.852. The normalized spacial score (nSPS) is 18.2. The third-order valence-electron chi connectivity index (χ3n) is 4.82. The molecule has 0 atom stereocenters. The fourth-order valence-electron chi connectivity index (χ4n) is 3.56. The van der Waals surface area contributed by atoms with Crippen molar-refractivity contribution in [2.45, 2.75) is 38.6 Å². The van der Waals surface area contributed by atoms with Crippen LogP contribution in [0.5, 0.6) is 0 Å². The summed E-state index contributed by atoms with van der Waals surface area (Å²) in [6.07, 6.45) is 5.25. The zero-order chi connectivity index (χ0) is 15.8. The van der Waals surface area contributed by atoms with Crippen LogP contribution >= 0.6 is 11.3 Å². The Morgan fingerprint density at radius 2 is 2.13 bits per heavy atom. The van der Waals surface area contributed by atoms with Gasteiger partial charge in [0.05, 0.1) is 12.2 Å². The summed E-state index contributed by atoms with van der Waals surface area (Å²) in [6.45, 7) is 1.42. The highest BCUT2D eigenvalue weighted by Crippen LogP contribution is 2.34. The summed E-state index contributed by atoms with van der Waals surface area (Å²) in [5.41, 5.74) is 1.89. The van der Waals surface area contributed by atoms with E-state index < -0.39 is 0 Å². The smallest absolute Gasteiger partial charge is 0.226 e. The molecule has 0 bridgehead atoms. The molecule has 2 aromatic rings. The van der Waals surface area contributed by atoms with E-state index in [0.717, 1.165) is 46.9 Å². The van der Waals surface area contributed by atoms with Crippen LogP contribution in [0.1, 0.15) is 36.3 Å². The van der Waals surface area contributed by atoms with Crippen LogP contribution in [-0.4, -0.2) is 22.3 Å². The SMILES string of the molecule is O=C(C1CCCC1)N1CCc2nc(-c3cccc(F)c3)sc2C1. The standard InChI is InChI=1S/C18H19FN2OS/c19-14-7-3-6-13(10-14)17-20-15-8-9-21(11-16(15)23-17)18(22)12-4-1-2-5-12/h3,6-7,10,12H,1-2,4-5,8-9,11H2. The molecular formula is C18H19FN2OS. The van der Waals surface area contributed by atoms with E-state index >= 15 is 0 Å². The highest BCUT2D eigenvalue weighted by Gasteiger charge is 2.30. The summed E-state index contributed by atoms with van der Waals surface area (Å²) in [6, 6.07) is 6.56. The van der Waals surface area contributed by atoms with E-state index in [4.69, 9.17) is 0 Å². The molecule has 0 spiro atoms. The summed E-state index contributed by atoms with van der Waals surface area (Å²) in [5.74, 6) is 0.301. The van der Waals surface area contributed by atoms with Crippen molar-refractivity contribution in [2.75, 3.05) is 6.54 Å². The second-order valence-electron chi connectivity index (χ2n) is 6.39. The van der Waals surface area contributed by atoms with E-state index in [2.05, 4.69) is 4.98 Å². The maximum Gasteiger partial charge on any atom is 0.226 e. The third-order valence-corrected chi connectivity index (χ3v) is 5.95. The first-order chi connectivity index (χ1) is 11.2. The minimum atomic E-state index is -0.242. The molecule has 2 aliphatic rings. The number of nitrogens with zero attached hydrogens (tertiary/aromatic N) is 2. The van der Waals surface area contributed by atoms with E-state index in [1.54, 1.807) is 17.4 Å². The molecule has 23 heavy (non-hydrogen) atoms. The van der Waals surface area contributed by atoms with Crippen LogP contribution < -0.4 is 0 Å². The van der Waals surface area contributed by atoms with E-state index in [9.17, 15) is 9.18 Å². The molecule has 0 N–H and O–H groups in total. The quantitative estimate of drug-likeness (QED) is 0.833. The van der Waals surface area contributed by atoms with Gasteiger partial charge in [0.25, 0.3) is 0 Å². The van der Waals surface area contributed by atoms with Gasteiger partial charge in [-0.15, -0.1) is 11.3 Å². The molecule has 4 rings (SSSR count). The van der Waals surface area contributed by atoms with Crippen molar-refractivity contribution in [3.63, 3.8) is 0 Å². The number of benzene rings is 1. The van der Waals surface area contributed by atoms with Gasteiger partial charge in [0.15, 0.2) is 0 Å². The number of carbonyl (C=O) groups is 1. The van der Waals surface area contributed by atoms with Crippen molar-refractivity contribution in [2.24, 2.45) is 5.92 Å². The van der Waals surface area contributed by atoms with Crippen molar-refractivity contribution in [3.05, 3.63) is 40.7 Å². The Kier molecular flexibility index (Phi) is 3.89. The van der Waals surface area contributed by atoms with Crippen molar-refractivity contribution >= 4 is 17.2 Å². The van der Waals surface area contributed by atoms with Gasteiger partial charge < -0.3 is 4.90 Å². The maximum atomic E-state index is 13.4. The van der Waals surface area contributed by atoms with E-state index in [0.29, 0.717) is 12.5 Å². The van der Waals surface area contributed by atoms with Crippen LogP contribution in [-0.2, 0) is 17.8 Å². The second-order valence-corrected chi connectivity index (χ2v) is 7.47. The molecule has 1 saturated carbocycles. The lowest BCUT2D eigenvalue weighted by molar-refractivity contribution is -0.136. The molecule has 0 unspecified atom stereocenters. The minimum absolute atomic E-state index is 0.229. The molecule has 120 valence electrons. The molecule has 0 saturated heterocycles. The van der Waals surface area contributed by atoms with Crippen LogP contribution in [0.15, 0.2) is 24.3 Å². The lowest BCUT2D eigenvalue weighted by Gasteiger charge is -2.28. The molecule has 1 aromatic carbocycles. The number of rotatable bonds is 2. The van der Waals surface area contributed by atoms with Gasteiger partial charge in [-0.2, -0.15) is 0 Å². The number of aromatic nitrogens is 1. The first kappa shape index (κ1) is 14.8. The van der Waals surface area contributed by atoms with Gasteiger partial charge in [-0.25, -0.2) is 9.37 Å². The molecule has 1 amide bonds. The van der Waals surface area contributed by atoms with E-state index in [-0.39, 0.29) is 11.7 Å². The molecule has 1 fully saturated rings. The fourth-order valence-corrected chi connectivity index (χ4v) is 4.68. The first-order valence-electron chi connectivity index (χ1n) is 8.24. The van der Waals surface area contributed by atoms with Gasteiger partial charge in [0, 0.05) is 29.3 Å². The zero-order valence-electron chi connectivity index (χ0n) is 12.9. The lowest BCUT2D eigenvalue weighted by Crippen LogP contribution is -2.38. The van der Waals surface area contributed by atoms with Gasteiger partial charge in [-0.1, -0.05) is 25.0 Å². The monoisotopic (exact) mass is 330 g/mol. The molecule has 5 heteroatoms. The van der Waals surface area contributed by atoms with Crippen LogP contribution in [0.4, 0.5) is 4.39 Å². The van der Waals surface area contributed by atoms with Gasteiger partial charge in [-0.3, -0.25) is 4.79 Å². The van der Waals surface area contributed by atoms with E-state index in [1.165, 1.54) is 25.0 Å². The average molecular weight is 330 g/mol. The first-order valence-corrected chi connectivity index (χ1v) is 9.05. The Morgan fingerprint density at radius 1 is 1.30 bits per heavy atom. The number of fused-ring (bicyclic) bond motifs is 1. The number of thiazole rings is 1. The Balaban J connectivity index is 1.55. The molecule has 1 aliphatic heterocycles. The lowest BCUT2D eigenvalue weighted by atomic mass is 10.0. The Bertz CT molecular complexity index is 736. The molecule has 0 radical (unpaired) electrons. The molecule has 1 aliphatic carbocycles. The van der Waals surface area contributed by atoms with E-state index in [1.807, 2.05) is 11.0 Å². The maximum absolute atomic E-state index is 13.4. The van der Waals surface area contributed by atoms with Gasteiger partial charge in [0.1, 0.15) is 10.8 Å². The van der Waals surface area contributed by atoms with Crippen LogP contribution in [0.3, 0.4) is 0 Å². The number of amides is 1. The van der Waals surface area contributed by atoms with Gasteiger partial charge in [-0.05, 0) is 25.0 Å². The number of hydrogen-bond donors (Lipinski definition) is 0. The number of carbonyl (C=O) groups excluding carboxylic acids is 1. The van der Waals surface area contributed by atoms with Crippen molar-refractivity contribution in [3.8, 4) is 10.6 Å². The van der Waals surface area contributed by atoms with Crippen molar-refractivity contribution < 1.29 is 9.18 Å². The average Bonchev–Trinajstić information content (AvgIpc) is 3.23. The zero-order valence-corrected chi connectivity index (χ0v) is 13.7. The molecule has 1 aromatic heterocycles. The molecule has 2 heterocycles. The summed E-state index contributed by atoms with van der Waals surface area (Å²) >= 11 is 1.59. The van der Waals surface area contributed by atoms with Crippen LogP contribution in [0, 0.1) is 11.7 Å². The summed E-state index contributed by atoms with van der Waals surface area (Å²) in [7, 11) is 0. The molecular weight excluding hydrogens is 311 g/mol. The predicted octanol–water partition coefficient (Wildman–Crippen LogP) is 4.02. The molecule has 3 nitrogen and oxygen atoms in total. The van der Waals surface area contributed by atoms with Gasteiger partial charge in [0.2, 0.25) is 5.91 Å². The Labute approximate surface area is 139 Å². The fraction of sp³-hybridized carbons (Fsp3) is 0.444.